The number of imidazole rings is 1. The molecule has 1 aromatic carbocycles. The lowest BCUT2D eigenvalue weighted by atomic mass is 9.90. The molecule has 0 spiro atoms. The van der Waals surface area contributed by atoms with Gasteiger partial charge in [-0.3, -0.25) is 4.79 Å². The number of carbonyl (C=O) groups is 1. The molecule has 3 rings (SSSR count). The Morgan fingerprint density at radius 1 is 1.37 bits per heavy atom. The van der Waals surface area contributed by atoms with E-state index >= 15 is 0 Å². The second-order valence-electron chi connectivity index (χ2n) is 7.85. The molecule has 1 aliphatic carbocycles. The van der Waals surface area contributed by atoms with Gasteiger partial charge in [-0.05, 0) is 37.8 Å². The summed E-state index contributed by atoms with van der Waals surface area (Å²) in [4.78, 5) is 17.3. The molecule has 1 heterocycles. The molecule has 1 fully saturated rings. The first-order valence-corrected chi connectivity index (χ1v) is 10.7. The van der Waals surface area contributed by atoms with Crippen LogP contribution in [-0.4, -0.2) is 26.8 Å². The molecule has 1 amide bonds. The summed E-state index contributed by atoms with van der Waals surface area (Å²) in [6.07, 6.45) is 6.13. The molecule has 0 radical (unpaired) electrons. The Labute approximate surface area is 165 Å². The Morgan fingerprint density at radius 3 is 2.74 bits per heavy atom. The topological polar surface area (TPSA) is 70.7 Å². The molecule has 5 nitrogen and oxygen atoms in total. The fourth-order valence-electron chi connectivity index (χ4n) is 3.57. The number of carbonyl (C=O) groups excluding carboxylic acids is 1. The molecule has 0 saturated heterocycles. The third-order valence-corrected chi connectivity index (χ3v) is 6.57. The third-order valence-electron chi connectivity index (χ3n) is 5.62. The third kappa shape index (κ3) is 4.30. The van der Waals surface area contributed by atoms with Crippen LogP contribution in [0.2, 0.25) is 0 Å². The van der Waals surface area contributed by atoms with Crippen LogP contribution in [0.25, 0.3) is 11.0 Å². The zero-order valence-corrected chi connectivity index (χ0v) is 17.2. The largest absolute Gasteiger partial charge is 0.337 e. The van der Waals surface area contributed by atoms with Crippen LogP contribution in [0.5, 0.6) is 0 Å². The second kappa shape index (κ2) is 8.35. The van der Waals surface area contributed by atoms with Crippen LogP contribution < -0.4 is 5.32 Å². The maximum Gasteiger partial charge on any atom is 0.231 e. The van der Waals surface area contributed by atoms with Gasteiger partial charge in [0.05, 0.1) is 22.9 Å². The molecule has 0 aliphatic heterocycles. The van der Waals surface area contributed by atoms with Gasteiger partial charge < -0.3 is 9.88 Å². The average Bonchev–Trinajstić information content (AvgIpc) is 3.05. The summed E-state index contributed by atoms with van der Waals surface area (Å²) >= 11 is 1.47. The number of rotatable bonds is 6. The minimum Gasteiger partial charge on any atom is -0.337 e. The van der Waals surface area contributed by atoms with Crippen molar-refractivity contribution in [1.82, 2.24) is 14.9 Å². The number of hydrogen-bond acceptors (Lipinski definition) is 4. The predicted octanol–water partition coefficient (Wildman–Crippen LogP) is 4.69. The lowest BCUT2D eigenvalue weighted by Crippen LogP contribution is -2.49. The summed E-state index contributed by atoms with van der Waals surface area (Å²) < 4.78 is 2.33. The van der Waals surface area contributed by atoms with Crippen molar-refractivity contribution in [1.29, 1.82) is 5.26 Å². The van der Waals surface area contributed by atoms with E-state index in [1.807, 2.05) is 32.0 Å². The van der Waals surface area contributed by atoms with Crippen LogP contribution in [0.15, 0.2) is 29.4 Å². The molecule has 27 heavy (non-hydrogen) atoms. The molecular weight excluding hydrogens is 356 g/mol. The maximum absolute atomic E-state index is 12.5. The normalized spacial score (nSPS) is 17.6. The number of nitrogens with zero attached hydrogens (tertiary/aromatic N) is 3. The molecule has 1 aromatic heterocycles. The first kappa shape index (κ1) is 19.8. The van der Waals surface area contributed by atoms with Gasteiger partial charge >= 0.3 is 0 Å². The quantitative estimate of drug-likeness (QED) is 0.734. The van der Waals surface area contributed by atoms with E-state index in [4.69, 9.17) is 4.98 Å². The number of nitriles is 1. The highest BCUT2D eigenvalue weighted by Crippen LogP contribution is 2.35. The number of para-hydroxylation sites is 2. The fraction of sp³-hybridized carbons (Fsp3) is 0.571. The van der Waals surface area contributed by atoms with E-state index in [9.17, 15) is 10.1 Å². The van der Waals surface area contributed by atoms with E-state index in [0.29, 0.717) is 6.04 Å². The standard InChI is InChI=1S/C21H28N4OS/c1-15(2)21(3,14-22)24-19(26)13-27-20-23-17-11-7-8-12-18(17)25(20)16-9-5-4-6-10-16/h7-8,11-12,15-16H,4-6,9-10,13H2,1-3H3,(H,24,26)/t21-/m0/s1. The van der Waals surface area contributed by atoms with Crippen LogP contribution in [-0.2, 0) is 4.79 Å². The molecular formula is C21H28N4OS. The average molecular weight is 385 g/mol. The molecule has 0 unspecified atom stereocenters. The highest BCUT2D eigenvalue weighted by molar-refractivity contribution is 7.99. The minimum absolute atomic E-state index is 0.0447. The van der Waals surface area contributed by atoms with Crippen LogP contribution in [0, 0.1) is 17.2 Å². The summed E-state index contributed by atoms with van der Waals surface area (Å²) in [5.41, 5.74) is 1.28. The lowest BCUT2D eigenvalue weighted by Gasteiger charge is -2.27. The van der Waals surface area contributed by atoms with Crippen molar-refractivity contribution in [2.75, 3.05) is 5.75 Å². The van der Waals surface area contributed by atoms with Crippen LogP contribution in [0.1, 0.15) is 58.9 Å². The van der Waals surface area contributed by atoms with Gasteiger partial charge in [-0.25, -0.2) is 4.98 Å². The molecule has 1 saturated carbocycles. The highest BCUT2D eigenvalue weighted by Gasteiger charge is 2.30. The number of nitrogens with one attached hydrogen (secondary N) is 1. The van der Waals surface area contributed by atoms with Crippen molar-refractivity contribution in [2.24, 2.45) is 5.92 Å². The lowest BCUT2D eigenvalue weighted by molar-refractivity contribution is -0.120. The number of hydrogen-bond donors (Lipinski definition) is 1. The number of benzene rings is 1. The summed E-state index contributed by atoms with van der Waals surface area (Å²) in [5, 5.41) is 13.2. The van der Waals surface area contributed by atoms with Crippen molar-refractivity contribution in [2.45, 2.75) is 69.6 Å². The molecule has 6 heteroatoms. The SMILES string of the molecule is CC(C)[C@](C)(C#N)NC(=O)CSc1nc2ccccc2n1C1CCCCC1. The Balaban J connectivity index is 1.78. The second-order valence-corrected chi connectivity index (χ2v) is 8.79. The minimum atomic E-state index is -0.846. The molecule has 144 valence electrons. The van der Waals surface area contributed by atoms with Crippen molar-refractivity contribution in [3.63, 3.8) is 0 Å². The van der Waals surface area contributed by atoms with Gasteiger partial charge in [0.25, 0.3) is 0 Å². The Bertz CT molecular complexity index is 847. The zero-order chi connectivity index (χ0) is 19.4. The Morgan fingerprint density at radius 2 is 2.07 bits per heavy atom. The number of fused-ring (bicyclic) bond motifs is 1. The van der Waals surface area contributed by atoms with E-state index in [1.54, 1.807) is 6.92 Å². The van der Waals surface area contributed by atoms with Gasteiger partial charge in [0.2, 0.25) is 5.91 Å². The van der Waals surface area contributed by atoms with Gasteiger partial charge in [-0.15, -0.1) is 0 Å². The summed E-state index contributed by atoms with van der Waals surface area (Å²) in [6, 6.07) is 10.9. The summed E-state index contributed by atoms with van der Waals surface area (Å²) in [5.74, 6) is 0.184. The van der Waals surface area contributed by atoms with Crippen LogP contribution in [0.4, 0.5) is 0 Å². The van der Waals surface area contributed by atoms with E-state index in [0.717, 1.165) is 16.2 Å². The smallest absolute Gasteiger partial charge is 0.231 e. The van der Waals surface area contributed by atoms with Crippen LogP contribution in [0.3, 0.4) is 0 Å². The van der Waals surface area contributed by atoms with Gasteiger partial charge in [0, 0.05) is 6.04 Å². The van der Waals surface area contributed by atoms with E-state index in [-0.39, 0.29) is 17.6 Å². The first-order valence-electron chi connectivity index (χ1n) is 9.76. The molecule has 2 aromatic rings. The maximum atomic E-state index is 12.5. The van der Waals surface area contributed by atoms with Crippen molar-refractivity contribution in [3.05, 3.63) is 24.3 Å². The Kier molecular flexibility index (Phi) is 6.11. The first-order chi connectivity index (χ1) is 12.9. The molecule has 1 aliphatic rings. The zero-order valence-electron chi connectivity index (χ0n) is 16.4. The predicted molar refractivity (Wildman–Crippen MR) is 110 cm³/mol. The Hall–Kier alpha value is -2.00. The highest BCUT2D eigenvalue weighted by atomic mass is 32.2. The van der Waals surface area contributed by atoms with E-state index in [2.05, 4.69) is 22.0 Å². The number of amides is 1. The summed E-state index contributed by atoms with van der Waals surface area (Å²) in [6.45, 7) is 5.66. The monoisotopic (exact) mass is 384 g/mol. The molecule has 1 N–H and O–H groups in total. The van der Waals surface area contributed by atoms with Crippen molar-refractivity contribution < 1.29 is 4.79 Å². The van der Waals surface area contributed by atoms with E-state index < -0.39 is 5.54 Å². The number of aromatic nitrogens is 2. The van der Waals surface area contributed by atoms with Crippen molar-refractivity contribution >= 4 is 28.7 Å². The number of thioether (sulfide) groups is 1. The van der Waals surface area contributed by atoms with Gasteiger partial charge in [0.1, 0.15) is 5.54 Å². The van der Waals surface area contributed by atoms with Gasteiger partial charge in [-0.1, -0.05) is 57.0 Å². The van der Waals surface area contributed by atoms with Gasteiger partial charge in [-0.2, -0.15) is 5.26 Å². The summed E-state index contributed by atoms with van der Waals surface area (Å²) in [7, 11) is 0. The van der Waals surface area contributed by atoms with Crippen molar-refractivity contribution in [3.8, 4) is 6.07 Å². The van der Waals surface area contributed by atoms with E-state index in [1.165, 1.54) is 43.9 Å². The molecule has 0 bridgehead atoms. The fourth-order valence-corrected chi connectivity index (χ4v) is 4.46. The van der Waals surface area contributed by atoms with Crippen LogP contribution >= 0.6 is 11.8 Å². The van der Waals surface area contributed by atoms with Gasteiger partial charge in [0.15, 0.2) is 5.16 Å². The molecule has 1 atom stereocenters.